The highest BCUT2D eigenvalue weighted by Crippen LogP contribution is 2.30. The van der Waals surface area contributed by atoms with E-state index in [1.54, 1.807) is 11.3 Å². The summed E-state index contributed by atoms with van der Waals surface area (Å²) in [7, 11) is 1.96. The third-order valence-electron chi connectivity index (χ3n) is 2.83. The molecule has 1 atom stereocenters. The molecule has 0 aliphatic carbocycles. The predicted octanol–water partition coefficient (Wildman–Crippen LogP) is 3.88. The standard InChI is InChI=1S/C14H16FNS/c1-10(8-16-2)12-7-14(17-9-12)11-3-5-13(15)6-4-11/h3-7,9-10,16H,8H2,1-2H3. The normalized spacial score (nSPS) is 12.6. The Morgan fingerprint density at radius 3 is 2.65 bits per heavy atom. The molecule has 1 aromatic heterocycles. The summed E-state index contributed by atoms with van der Waals surface area (Å²) >= 11 is 1.71. The number of likely N-dealkylation sites (N-methyl/N-ethyl adjacent to an activating group) is 1. The molecule has 1 N–H and O–H groups in total. The SMILES string of the molecule is CNCC(C)c1csc(-c2ccc(F)cc2)c1. The zero-order valence-electron chi connectivity index (χ0n) is 10.0. The predicted molar refractivity (Wildman–Crippen MR) is 72.1 cm³/mol. The molecule has 0 spiro atoms. The lowest BCUT2D eigenvalue weighted by Gasteiger charge is -2.07. The van der Waals surface area contributed by atoms with Crippen LogP contribution in [0, 0.1) is 5.82 Å². The van der Waals surface area contributed by atoms with Crippen LogP contribution in [0.2, 0.25) is 0 Å². The lowest BCUT2D eigenvalue weighted by atomic mass is 10.0. The quantitative estimate of drug-likeness (QED) is 0.867. The zero-order chi connectivity index (χ0) is 12.3. The van der Waals surface area contributed by atoms with Crippen LogP contribution in [-0.2, 0) is 0 Å². The molecule has 0 saturated heterocycles. The molecular weight excluding hydrogens is 233 g/mol. The molecule has 1 nitrogen and oxygen atoms in total. The maximum Gasteiger partial charge on any atom is 0.123 e. The summed E-state index contributed by atoms with van der Waals surface area (Å²) in [6.07, 6.45) is 0. The van der Waals surface area contributed by atoms with Crippen LogP contribution in [0.5, 0.6) is 0 Å². The number of thiophene rings is 1. The van der Waals surface area contributed by atoms with Crippen molar-refractivity contribution >= 4 is 11.3 Å². The minimum atomic E-state index is -0.186. The van der Waals surface area contributed by atoms with Gasteiger partial charge in [0.25, 0.3) is 0 Å². The largest absolute Gasteiger partial charge is 0.319 e. The van der Waals surface area contributed by atoms with Crippen LogP contribution in [0.1, 0.15) is 18.4 Å². The Balaban J connectivity index is 2.20. The molecule has 1 unspecified atom stereocenters. The lowest BCUT2D eigenvalue weighted by Crippen LogP contribution is -2.14. The Bertz CT molecular complexity index is 475. The Hall–Kier alpha value is -1.19. The van der Waals surface area contributed by atoms with Crippen LogP contribution in [0.15, 0.2) is 35.7 Å². The van der Waals surface area contributed by atoms with Crippen LogP contribution in [0.3, 0.4) is 0 Å². The van der Waals surface area contributed by atoms with E-state index in [1.165, 1.54) is 22.6 Å². The minimum Gasteiger partial charge on any atom is -0.319 e. The van der Waals surface area contributed by atoms with Crippen LogP contribution < -0.4 is 5.32 Å². The van der Waals surface area contributed by atoms with Crippen molar-refractivity contribution in [3.05, 3.63) is 47.1 Å². The number of benzene rings is 1. The molecule has 3 heteroatoms. The summed E-state index contributed by atoms with van der Waals surface area (Å²) < 4.78 is 12.8. The van der Waals surface area contributed by atoms with Crippen molar-refractivity contribution in [1.29, 1.82) is 0 Å². The Labute approximate surface area is 105 Å². The first-order valence-corrected chi connectivity index (χ1v) is 6.57. The van der Waals surface area contributed by atoms with Crippen LogP contribution in [0.25, 0.3) is 10.4 Å². The number of hydrogen-bond acceptors (Lipinski definition) is 2. The number of hydrogen-bond donors (Lipinski definition) is 1. The Morgan fingerprint density at radius 2 is 2.00 bits per heavy atom. The van der Waals surface area contributed by atoms with Gasteiger partial charge in [-0.25, -0.2) is 4.39 Å². The van der Waals surface area contributed by atoms with Crippen molar-refractivity contribution in [2.45, 2.75) is 12.8 Å². The highest BCUT2D eigenvalue weighted by Gasteiger charge is 2.08. The zero-order valence-corrected chi connectivity index (χ0v) is 10.9. The van der Waals surface area contributed by atoms with Gasteiger partial charge in [0.2, 0.25) is 0 Å². The molecule has 0 aliphatic rings. The summed E-state index contributed by atoms with van der Waals surface area (Å²) in [5.74, 6) is 0.319. The van der Waals surface area contributed by atoms with Gasteiger partial charge in [-0.15, -0.1) is 11.3 Å². The Morgan fingerprint density at radius 1 is 1.29 bits per heavy atom. The fourth-order valence-electron chi connectivity index (χ4n) is 1.80. The Kier molecular flexibility index (Phi) is 3.92. The molecule has 0 aliphatic heterocycles. The first-order chi connectivity index (χ1) is 8.20. The average Bonchev–Trinajstić information content (AvgIpc) is 2.80. The first-order valence-electron chi connectivity index (χ1n) is 5.69. The molecule has 17 heavy (non-hydrogen) atoms. The molecule has 1 heterocycles. The molecule has 0 fully saturated rings. The maximum absolute atomic E-state index is 12.8. The van der Waals surface area contributed by atoms with Crippen LogP contribution >= 0.6 is 11.3 Å². The second-order valence-electron chi connectivity index (χ2n) is 4.21. The van der Waals surface area contributed by atoms with Crippen molar-refractivity contribution in [3.63, 3.8) is 0 Å². The van der Waals surface area contributed by atoms with Crippen molar-refractivity contribution in [1.82, 2.24) is 5.32 Å². The molecule has 1 aromatic carbocycles. The molecule has 2 rings (SSSR count). The first kappa shape index (κ1) is 12.3. The van der Waals surface area contributed by atoms with Gasteiger partial charge in [0.05, 0.1) is 0 Å². The van der Waals surface area contributed by atoms with E-state index in [0.717, 1.165) is 12.1 Å². The fraction of sp³-hybridized carbons (Fsp3) is 0.286. The van der Waals surface area contributed by atoms with E-state index in [4.69, 9.17) is 0 Å². The van der Waals surface area contributed by atoms with Crippen molar-refractivity contribution < 1.29 is 4.39 Å². The summed E-state index contributed by atoms with van der Waals surface area (Å²) in [5, 5.41) is 5.36. The minimum absolute atomic E-state index is 0.186. The van der Waals surface area contributed by atoms with Gasteiger partial charge in [0.15, 0.2) is 0 Å². The van der Waals surface area contributed by atoms with E-state index in [1.807, 2.05) is 19.2 Å². The monoisotopic (exact) mass is 249 g/mol. The van der Waals surface area contributed by atoms with Crippen LogP contribution in [-0.4, -0.2) is 13.6 Å². The topological polar surface area (TPSA) is 12.0 Å². The molecule has 0 bridgehead atoms. The fourth-order valence-corrected chi connectivity index (χ4v) is 2.84. The lowest BCUT2D eigenvalue weighted by molar-refractivity contribution is 0.628. The van der Waals surface area contributed by atoms with Gasteiger partial charge in [-0.05, 0) is 47.7 Å². The van der Waals surface area contributed by atoms with Gasteiger partial charge in [-0.1, -0.05) is 19.1 Å². The molecule has 2 aromatic rings. The van der Waals surface area contributed by atoms with E-state index in [0.29, 0.717) is 5.92 Å². The van der Waals surface area contributed by atoms with Gasteiger partial charge in [-0.3, -0.25) is 0 Å². The van der Waals surface area contributed by atoms with Gasteiger partial charge in [0, 0.05) is 11.4 Å². The second kappa shape index (κ2) is 5.43. The summed E-state index contributed by atoms with van der Waals surface area (Å²) in [6, 6.07) is 8.86. The van der Waals surface area contributed by atoms with E-state index in [2.05, 4.69) is 23.7 Å². The highest BCUT2D eigenvalue weighted by molar-refractivity contribution is 7.13. The summed E-state index contributed by atoms with van der Waals surface area (Å²) in [4.78, 5) is 1.20. The molecule has 0 radical (unpaired) electrons. The van der Waals surface area contributed by atoms with Crippen molar-refractivity contribution in [3.8, 4) is 10.4 Å². The van der Waals surface area contributed by atoms with Gasteiger partial charge in [0.1, 0.15) is 5.82 Å². The molecular formula is C14H16FNS. The number of nitrogens with one attached hydrogen (secondary N) is 1. The van der Waals surface area contributed by atoms with E-state index in [9.17, 15) is 4.39 Å². The van der Waals surface area contributed by atoms with E-state index in [-0.39, 0.29) is 5.82 Å². The number of halogens is 1. The van der Waals surface area contributed by atoms with E-state index < -0.39 is 0 Å². The van der Waals surface area contributed by atoms with Crippen LogP contribution in [0.4, 0.5) is 4.39 Å². The smallest absolute Gasteiger partial charge is 0.123 e. The second-order valence-corrected chi connectivity index (χ2v) is 5.12. The third kappa shape index (κ3) is 2.93. The van der Waals surface area contributed by atoms with E-state index >= 15 is 0 Å². The molecule has 0 saturated carbocycles. The third-order valence-corrected chi connectivity index (χ3v) is 3.83. The van der Waals surface area contributed by atoms with Gasteiger partial charge in [-0.2, -0.15) is 0 Å². The maximum atomic E-state index is 12.8. The van der Waals surface area contributed by atoms with Gasteiger partial charge >= 0.3 is 0 Å². The highest BCUT2D eigenvalue weighted by atomic mass is 32.1. The number of rotatable bonds is 4. The average molecular weight is 249 g/mol. The summed E-state index contributed by atoms with van der Waals surface area (Å²) in [5.41, 5.74) is 2.42. The summed E-state index contributed by atoms with van der Waals surface area (Å²) in [6.45, 7) is 3.17. The van der Waals surface area contributed by atoms with Crippen molar-refractivity contribution in [2.75, 3.05) is 13.6 Å². The van der Waals surface area contributed by atoms with Crippen molar-refractivity contribution in [2.24, 2.45) is 0 Å². The van der Waals surface area contributed by atoms with Gasteiger partial charge < -0.3 is 5.32 Å². The molecule has 0 amide bonds. The molecule has 90 valence electrons.